The fourth-order valence-electron chi connectivity index (χ4n) is 1.63. The van der Waals surface area contributed by atoms with Crippen LogP contribution in [-0.2, 0) is 15.9 Å². The molecule has 0 amide bonds. The van der Waals surface area contributed by atoms with Crippen LogP contribution in [0.25, 0.3) is 0 Å². The number of hydrogen-bond acceptors (Lipinski definition) is 5. The van der Waals surface area contributed by atoms with Gasteiger partial charge in [-0.2, -0.15) is 0 Å². The SMILES string of the molecule is COCCOCCOc1ccc(OC)cc1CCN. The van der Waals surface area contributed by atoms with E-state index >= 15 is 0 Å². The predicted molar refractivity (Wildman–Crippen MR) is 73.9 cm³/mol. The number of methoxy groups -OCH3 is 2. The van der Waals surface area contributed by atoms with E-state index in [2.05, 4.69) is 0 Å². The summed E-state index contributed by atoms with van der Waals surface area (Å²) >= 11 is 0. The first-order valence-corrected chi connectivity index (χ1v) is 6.38. The van der Waals surface area contributed by atoms with Gasteiger partial charge < -0.3 is 24.7 Å². The third-order valence-electron chi connectivity index (χ3n) is 2.60. The maximum atomic E-state index is 5.69. The fourth-order valence-corrected chi connectivity index (χ4v) is 1.63. The Kier molecular flexibility index (Phi) is 7.97. The topological polar surface area (TPSA) is 62.9 Å². The highest BCUT2D eigenvalue weighted by atomic mass is 16.5. The maximum Gasteiger partial charge on any atom is 0.122 e. The van der Waals surface area contributed by atoms with Crippen LogP contribution in [0.1, 0.15) is 5.56 Å². The molecule has 0 atom stereocenters. The van der Waals surface area contributed by atoms with E-state index in [-0.39, 0.29) is 0 Å². The molecule has 0 saturated heterocycles. The van der Waals surface area contributed by atoms with E-state index in [9.17, 15) is 0 Å². The number of ether oxygens (including phenoxy) is 4. The number of hydrogen-bond donors (Lipinski definition) is 1. The molecule has 0 aliphatic carbocycles. The Morgan fingerprint density at radius 3 is 2.53 bits per heavy atom. The minimum atomic E-state index is 0.508. The highest BCUT2D eigenvalue weighted by molar-refractivity contribution is 5.40. The molecule has 0 spiro atoms. The summed E-state index contributed by atoms with van der Waals surface area (Å²) in [6.45, 7) is 2.80. The summed E-state index contributed by atoms with van der Waals surface area (Å²) in [4.78, 5) is 0. The van der Waals surface area contributed by atoms with E-state index in [1.807, 2.05) is 18.2 Å². The number of rotatable bonds is 10. The molecule has 0 aliphatic heterocycles. The third kappa shape index (κ3) is 5.92. The first-order chi connectivity index (χ1) is 9.31. The van der Waals surface area contributed by atoms with Gasteiger partial charge in [-0.1, -0.05) is 0 Å². The van der Waals surface area contributed by atoms with Crippen molar-refractivity contribution in [3.05, 3.63) is 23.8 Å². The lowest BCUT2D eigenvalue weighted by Gasteiger charge is -2.12. The summed E-state index contributed by atoms with van der Waals surface area (Å²) in [5.41, 5.74) is 6.65. The van der Waals surface area contributed by atoms with E-state index in [1.54, 1.807) is 14.2 Å². The Morgan fingerprint density at radius 1 is 1.05 bits per heavy atom. The third-order valence-corrected chi connectivity index (χ3v) is 2.60. The van der Waals surface area contributed by atoms with Crippen LogP contribution in [-0.4, -0.2) is 47.2 Å². The van der Waals surface area contributed by atoms with Crippen molar-refractivity contribution in [1.82, 2.24) is 0 Å². The second-order valence-corrected chi connectivity index (χ2v) is 3.97. The van der Waals surface area contributed by atoms with Crippen molar-refractivity contribution in [3.8, 4) is 11.5 Å². The minimum Gasteiger partial charge on any atom is -0.497 e. The van der Waals surface area contributed by atoms with E-state index in [0.717, 1.165) is 23.5 Å². The highest BCUT2D eigenvalue weighted by Gasteiger charge is 2.05. The van der Waals surface area contributed by atoms with Crippen LogP contribution < -0.4 is 15.2 Å². The summed E-state index contributed by atoms with van der Waals surface area (Å²) < 4.78 is 21.1. The Labute approximate surface area is 114 Å². The van der Waals surface area contributed by atoms with Crippen molar-refractivity contribution < 1.29 is 18.9 Å². The van der Waals surface area contributed by atoms with Gasteiger partial charge in [-0.15, -0.1) is 0 Å². The van der Waals surface area contributed by atoms with Gasteiger partial charge in [0.1, 0.15) is 18.1 Å². The molecule has 19 heavy (non-hydrogen) atoms. The Balaban J connectivity index is 2.43. The standard InChI is InChI=1S/C14H23NO4/c1-16-7-8-18-9-10-19-14-4-3-13(17-2)11-12(14)5-6-15/h3-4,11H,5-10,15H2,1-2H3. The normalized spacial score (nSPS) is 10.5. The van der Waals surface area contributed by atoms with Crippen LogP contribution in [0.3, 0.4) is 0 Å². The van der Waals surface area contributed by atoms with Crippen LogP contribution in [0.5, 0.6) is 11.5 Å². The molecule has 0 heterocycles. The van der Waals surface area contributed by atoms with Crippen LogP contribution in [0.4, 0.5) is 0 Å². The van der Waals surface area contributed by atoms with E-state index in [4.69, 9.17) is 24.7 Å². The summed E-state index contributed by atoms with van der Waals surface area (Å²) in [5, 5.41) is 0. The first-order valence-electron chi connectivity index (χ1n) is 6.38. The van der Waals surface area contributed by atoms with Gasteiger partial charge in [0.2, 0.25) is 0 Å². The van der Waals surface area contributed by atoms with Crippen molar-refractivity contribution in [2.45, 2.75) is 6.42 Å². The van der Waals surface area contributed by atoms with Crippen molar-refractivity contribution >= 4 is 0 Å². The van der Waals surface area contributed by atoms with Gasteiger partial charge in [-0.3, -0.25) is 0 Å². The molecule has 1 rings (SSSR count). The molecule has 5 nitrogen and oxygen atoms in total. The monoisotopic (exact) mass is 269 g/mol. The molecule has 0 bridgehead atoms. The molecular formula is C14H23NO4. The lowest BCUT2D eigenvalue weighted by molar-refractivity contribution is 0.0543. The molecule has 108 valence electrons. The Morgan fingerprint density at radius 2 is 1.84 bits per heavy atom. The molecule has 0 unspecified atom stereocenters. The molecule has 0 aromatic heterocycles. The average molecular weight is 269 g/mol. The van der Waals surface area contributed by atoms with Crippen molar-refractivity contribution in [1.29, 1.82) is 0 Å². The van der Waals surface area contributed by atoms with Crippen molar-refractivity contribution in [3.63, 3.8) is 0 Å². The Bertz CT molecular complexity index is 357. The molecule has 0 saturated carbocycles. The van der Waals surface area contributed by atoms with Gasteiger partial charge in [0.15, 0.2) is 0 Å². The molecule has 5 heteroatoms. The lowest BCUT2D eigenvalue weighted by Crippen LogP contribution is -2.11. The number of benzene rings is 1. The van der Waals surface area contributed by atoms with E-state index < -0.39 is 0 Å². The molecule has 1 aromatic carbocycles. The van der Waals surface area contributed by atoms with Gasteiger partial charge in [-0.25, -0.2) is 0 Å². The minimum absolute atomic E-state index is 0.508. The maximum absolute atomic E-state index is 5.69. The summed E-state index contributed by atoms with van der Waals surface area (Å²) in [6, 6.07) is 5.73. The molecule has 0 aliphatic rings. The first kappa shape index (κ1) is 15.8. The fraction of sp³-hybridized carbons (Fsp3) is 0.571. The van der Waals surface area contributed by atoms with Gasteiger partial charge in [0.05, 0.1) is 26.9 Å². The predicted octanol–water partition coefficient (Wildman–Crippen LogP) is 1.24. The van der Waals surface area contributed by atoms with Crippen molar-refractivity contribution in [2.24, 2.45) is 5.73 Å². The molecule has 1 aromatic rings. The van der Waals surface area contributed by atoms with Crippen LogP contribution >= 0.6 is 0 Å². The molecule has 2 N–H and O–H groups in total. The van der Waals surface area contributed by atoms with E-state index in [1.165, 1.54) is 0 Å². The molecule has 0 fully saturated rings. The zero-order valence-electron chi connectivity index (χ0n) is 11.7. The van der Waals surface area contributed by atoms with E-state index in [0.29, 0.717) is 33.0 Å². The molecular weight excluding hydrogens is 246 g/mol. The van der Waals surface area contributed by atoms with Crippen LogP contribution in [0.15, 0.2) is 18.2 Å². The second kappa shape index (κ2) is 9.61. The second-order valence-electron chi connectivity index (χ2n) is 3.97. The quantitative estimate of drug-likeness (QED) is 0.647. The summed E-state index contributed by atoms with van der Waals surface area (Å²) in [5.74, 6) is 1.65. The lowest BCUT2D eigenvalue weighted by atomic mass is 10.1. The Hall–Kier alpha value is -1.30. The van der Waals surface area contributed by atoms with Gasteiger partial charge in [0, 0.05) is 7.11 Å². The van der Waals surface area contributed by atoms with Crippen LogP contribution in [0.2, 0.25) is 0 Å². The summed E-state index contributed by atoms with van der Waals surface area (Å²) in [6.07, 6.45) is 0.761. The largest absolute Gasteiger partial charge is 0.497 e. The summed E-state index contributed by atoms with van der Waals surface area (Å²) in [7, 11) is 3.29. The average Bonchev–Trinajstić information content (AvgIpc) is 2.44. The van der Waals surface area contributed by atoms with Crippen molar-refractivity contribution in [2.75, 3.05) is 47.2 Å². The van der Waals surface area contributed by atoms with Gasteiger partial charge in [-0.05, 0) is 36.7 Å². The molecule has 0 radical (unpaired) electrons. The number of nitrogens with two attached hydrogens (primary N) is 1. The zero-order chi connectivity index (χ0) is 13.9. The van der Waals surface area contributed by atoms with Gasteiger partial charge >= 0.3 is 0 Å². The zero-order valence-corrected chi connectivity index (χ0v) is 11.7. The van der Waals surface area contributed by atoms with Crippen LogP contribution in [0, 0.1) is 0 Å². The highest BCUT2D eigenvalue weighted by Crippen LogP contribution is 2.24. The van der Waals surface area contributed by atoms with Gasteiger partial charge in [0.25, 0.3) is 0 Å². The smallest absolute Gasteiger partial charge is 0.122 e.